The van der Waals surface area contributed by atoms with E-state index >= 15 is 0 Å². The van der Waals surface area contributed by atoms with Gasteiger partial charge in [0.1, 0.15) is 0 Å². The number of hydrogen-bond acceptors (Lipinski definition) is 4. The Bertz CT molecular complexity index is 775. The Hall–Kier alpha value is -2.18. The second-order valence-corrected chi connectivity index (χ2v) is 5.53. The van der Waals surface area contributed by atoms with Crippen molar-refractivity contribution in [3.8, 4) is 0 Å². The van der Waals surface area contributed by atoms with Gasteiger partial charge in [0.05, 0.1) is 13.2 Å². The molecule has 3 rings (SSSR count). The highest BCUT2D eigenvalue weighted by Gasteiger charge is 2.42. The van der Waals surface area contributed by atoms with Gasteiger partial charge >= 0.3 is 0 Å². The molecule has 1 saturated heterocycles. The maximum Gasteiger partial charge on any atom is 0.259 e. The largest absolute Gasteiger partial charge is 0.378 e. The number of rotatable bonds is 3. The highest BCUT2D eigenvalue weighted by atomic mass is 16.6. The SMILES string of the molecule is COC1(C(=O)Nc2ccc3[nH]c(=O)cc(C)c3c2)CCOC1. The number of pyridine rings is 1. The number of carbonyl (C=O) groups excluding carboxylic acids is 1. The van der Waals surface area contributed by atoms with Crippen LogP contribution in [0.5, 0.6) is 0 Å². The molecule has 1 fully saturated rings. The first kappa shape index (κ1) is 14.7. The summed E-state index contributed by atoms with van der Waals surface area (Å²) in [6, 6.07) is 6.92. The van der Waals surface area contributed by atoms with Gasteiger partial charge in [-0.05, 0) is 30.7 Å². The summed E-state index contributed by atoms with van der Waals surface area (Å²) in [5.74, 6) is -0.214. The number of H-pyrrole nitrogens is 1. The zero-order chi connectivity index (χ0) is 15.7. The minimum atomic E-state index is -0.922. The summed E-state index contributed by atoms with van der Waals surface area (Å²) in [7, 11) is 1.52. The molecular formula is C16H18N2O4. The molecule has 0 spiro atoms. The van der Waals surface area contributed by atoms with Crippen molar-refractivity contribution in [1.82, 2.24) is 4.98 Å². The first-order chi connectivity index (χ1) is 10.5. The number of hydrogen-bond donors (Lipinski definition) is 2. The van der Waals surface area contributed by atoms with Gasteiger partial charge in [-0.15, -0.1) is 0 Å². The number of anilines is 1. The van der Waals surface area contributed by atoms with Crippen molar-refractivity contribution in [3.05, 3.63) is 40.2 Å². The summed E-state index contributed by atoms with van der Waals surface area (Å²) in [6.07, 6.45) is 0.537. The van der Waals surface area contributed by atoms with Crippen LogP contribution >= 0.6 is 0 Å². The predicted molar refractivity (Wildman–Crippen MR) is 83.1 cm³/mol. The number of methoxy groups -OCH3 is 1. The van der Waals surface area contributed by atoms with Crippen molar-refractivity contribution in [2.45, 2.75) is 18.9 Å². The van der Waals surface area contributed by atoms with Crippen molar-refractivity contribution < 1.29 is 14.3 Å². The molecule has 6 nitrogen and oxygen atoms in total. The Morgan fingerprint density at radius 1 is 1.41 bits per heavy atom. The molecule has 1 aliphatic rings. The smallest absolute Gasteiger partial charge is 0.259 e. The number of aromatic amines is 1. The molecule has 116 valence electrons. The standard InChI is InChI=1S/C16H18N2O4/c1-10-7-14(19)18-13-4-3-11(8-12(10)13)17-15(20)16(21-2)5-6-22-9-16/h3-4,7-8H,5-6,9H2,1-2H3,(H,17,20)(H,18,19). The van der Waals surface area contributed by atoms with Crippen LogP contribution in [0.4, 0.5) is 5.69 Å². The molecule has 1 amide bonds. The van der Waals surface area contributed by atoms with Crippen LogP contribution in [0.3, 0.4) is 0 Å². The minimum absolute atomic E-state index is 0.136. The zero-order valence-electron chi connectivity index (χ0n) is 12.6. The average Bonchev–Trinajstić information content (AvgIpc) is 2.98. The van der Waals surface area contributed by atoms with Gasteiger partial charge in [-0.1, -0.05) is 0 Å². The van der Waals surface area contributed by atoms with Crippen LogP contribution in [0.15, 0.2) is 29.1 Å². The molecule has 6 heteroatoms. The Kier molecular flexibility index (Phi) is 3.72. The molecule has 1 aromatic heterocycles. The second kappa shape index (κ2) is 5.55. The normalized spacial score (nSPS) is 21.2. The lowest BCUT2D eigenvalue weighted by molar-refractivity contribution is -0.137. The third-order valence-corrected chi connectivity index (χ3v) is 4.10. The maximum absolute atomic E-state index is 12.5. The van der Waals surface area contributed by atoms with Crippen LogP contribution in [-0.4, -0.2) is 36.8 Å². The van der Waals surface area contributed by atoms with Crippen molar-refractivity contribution >= 4 is 22.5 Å². The van der Waals surface area contributed by atoms with Gasteiger partial charge < -0.3 is 19.8 Å². The molecule has 0 aliphatic carbocycles. The van der Waals surface area contributed by atoms with E-state index in [1.54, 1.807) is 12.1 Å². The summed E-state index contributed by atoms with van der Waals surface area (Å²) in [5, 5.41) is 3.77. The first-order valence-corrected chi connectivity index (χ1v) is 7.12. The lowest BCUT2D eigenvalue weighted by Crippen LogP contribution is -2.45. The van der Waals surface area contributed by atoms with Crippen LogP contribution < -0.4 is 10.9 Å². The fourth-order valence-electron chi connectivity index (χ4n) is 2.72. The first-order valence-electron chi connectivity index (χ1n) is 7.12. The maximum atomic E-state index is 12.5. The van der Waals surface area contributed by atoms with E-state index in [1.165, 1.54) is 13.2 Å². The van der Waals surface area contributed by atoms with E-state index in [0.717, 1.165) is 16.5 Å². The molecule has 0 saturated carbocycles. The number of nitrogens with one attached hydrogen (secondary N) is 2. The number of aromatic nitrogens is 1. The third kappa shape index (κ3) is 2.51. The van der Waals surface area contributed by atoms with Crippen LogP contribution in [0.1, 0.15) is 12.0 Å². The molecule has 2 heterocycles. The Morgan fingerprint density at radius 3 is 2.91 bits per heavy atom. The Labute approximate surface area is 127 Å². The van der Waals surface area contributed by atoms with E-state index in [9.17, 15) is 9.59 Å². The summed E-state index contributed by atoms with van der Waals surface area (Å²) < 4.78 is 10.7. The van der Waals surface area contributed by atoms with Gasteiger partial charge in [0.25, 0.3) is 5.91 Å². The third-order valence-electron chi connectivity index (χ3n) is 4.10. The van der Waals surface area contributed by atoms with E-state index < -0.39 is 5.60 Å². The van der Waals surface area contributed by atoms with E-state index in [4.69, 9.17) is 9.47 Å². The number of ether oxygens (including phenoxy) is 2. The number of benzene rings is 1. The molecule has 0 bridgehead atoms. The quantitative estimate of drug-likeness (QED) is 0.902. The highest BCUT2D eigenvalue weighted by molar-refractivity contribution is 5.99. The zero-order valence-corrected chi connectivity index (χ0v) is 12.6. The van der Waals surface area contributed by atoms with Crippen molar-refractivity contribution in [2.24, 2.45) is 0 Å². The van der Waals surface area contributed by atoms with Gasteiger partial charge in [0, 0.05) is 36.2 Å². The van der Waals surface area contributed by atoms with Crippen molar-refractivity contribution in [2.75, 3.05) is 25.6 Å². The summed E-state index contributed by atoms with van der Waals surface area (Å²) in [5.41, 5.74) is 1.21. The average molecular weight is 302 g/mol. The van der Waals surface area contributed by atoms with Gasteiger partial charge in [-0.2, -0.15) is 0 Å². The highest BCUT2D eigenvalue weighted by Crippen LogP contribution is 2.26. The van der Waals surface area contributed by atoms with Gasteiger partial charge in [0.2, 0.25) is 5.56 Å². The molecule has 22 heavy (non-hydrogen) atoms. The predicted octanol–water partition coefficient (Wildman–Crippen LogP) is 1.58. The van der Waals surface area contributed by atoms with Crippen LogP contribution in [0.25, 0.3) is 10.9 Å². The lowest BCUT2D eigenvalue weighted by atomic mass is 10.0. The Morgan fingerprint density at radius 2 is 2.23 bits per heavy atom. The minimum Gasteiger partial charge on any atom is -0.378 e. The molecule has 1 atom stereocenters. The fourth-order valence-corrected chi connectivity index (χ4v) is 2.72. The molecule has 1 aliphatic heterocycles. The van der Waals surface area contributed by atoms with E-state index in [-0.39, 0.29) is 18.1 Å². The monoisotopic (exact) mass is 302 g/mol. The number of carbonyl (C=O) groups is 1. The van der Waals surface area contributed by atoms with Crippen LogP contribution in [-0.2, 0) is 14.3 Å². The molecule has 0 radical (unpaired) electrons. The summed E-state index contributed by atoms with van der Waals surface area (Å²) >= 11 is 0. The summed E-state index contributed by atoms with van der Waals surface area (Å²) in [6.45, 7) is 2.64. The fraction of sp³-hybridized carbons (Fsp3) is 0.375. The molecular weight excluding hydrogens is 284 g/mol. The van der Waals surface area contributed by atoms with E-state index in [2.05, 4.69) is 10.3 Å². The van der Waals surface area contributed by atoms with Crippen LogP contribution in [0.2, 0.25) is 0 Å². The van der Waals surface area contributed by atoms with E-state index in [1.807, 2.05) is 13.0 Å². The number of fused-ring (bicyclic) bond motifs is 1. The van der Waals surface area contributed by atoms with E-state index in [0.29, 0.717) is 18.7 Å². The van der Waals surface area contributed by atoms with Gasteiger partial charge in [-0.25, -0.2) is 0 Å². The van der Waals surface area contributed by atoms with Gasteiger partial charge in [-0.3, -0.25) is 9.59 Å². The van der Waals surface area contributed by atoms with Crippen molar-refractivity contribution in [3.63, 3.8) is 0 Å². The topological polar surface area (TPSA) is 80.4 Å². The lowest BCUT2D eigenvalue weighted by Gasteiger charge is -2.24. The van der Waals surface area contributed by atoms with Crippen LogP contribution in [0, 0.1) is 6.92 Å². The number of aryl methyl sites for hydroxylation is 1. The Balaban J connectivity index is 1.91. The van der Waals surface area contributed by atoms with Gasteiger partial charge in [0.15, 0.2) is 5.60 Å². The number of amides is 1. The summed E-state index contributed by atoms with van der Waals surface area (Å²) in [4.78, 5) is 26.7. The van der Waals surface area contributed by atoms with Crippen molar-refractivity contribution in [1.29, 1.82) is 0 Å². The molecule has 1 aromatic carbocycles. The second-order valence-electron chi connectivity index (χ2n) is 5.53. The molecule has 2 aromatic rings. The molecule has 2 N–H and O–H groups in total. The molecule has 1 unspecified atom stereocenters.